The van der Waals surface area contributed by atoms with Crippen LogP contribution in [0.3, 0.4) is 0 Å². The summed E-state index contributed by atoms with van der Waals surface area (Å²) in [6, 6.07) is 6.15. The highest BCUT2D eigenvalue weighted by atomic mass is 16.5. The number of aromatic nitrogens is 3. The van der Waals surface area contributed by atoms with Gasteiger partial charge in [0.05, 0.1) is 13.2 Å². The number of pyridine rings is 1. The molecule has 2 aromatic rings. The largest absolute Gasteiger partial charge is 0.378 e. The van der Waals surface area contributed by atoms with E-state index in [0.29, 0.717) is 0 Å². The van der Waals surface area contributed by atoms with Crippen LogP contribution < -0.4 is 9.80 Å². The monoisotopic (exact) mass is 354 g/mol. The zero-order chi connectivity index (χ0) is 17.6. The highest BCUT2D eigenvalue weighted by molar-refractivity contribution is 5.44. The summed E-state index contributed by atoms with van der Waals surface area (Å²) in [6.45, 7) is 8.46. The Morgan fingerprint density at radius 1 is 0.923 bits per heavy atom. The lowest BCUT2D eigenvalue weighted by Crippen LogP contribution is -2.47. The third kappa shape index (κ3) is 4.28. The molecule has 4 rings (SSSR count). The van der Waals surface area contributed by atoms with Crippen LogP contribution in [-0.2, 0) is 11.2 Å². The van der Waals surface area contributed by atoms with Crippen LogP contribution in [0.4, 0.5) is 11.8 Å². The van der Waals surface area contributed by atoms with Gasteiger partial charge in [-0.1, -0.05) is 6.07 Å². The van der Waals surface area contributed by atoms with Crippen LogP contribution in [0, 0.1) is 0 Å². The number of rotatable bonds is 5. The van der Waals surface area contributed by atoms with Crippen molar-refractivity contribution < 1.29 is 4.74 Å². The quantitative estimate of drug-likeness (QED) is 0.796. The van der Waals surface area contributed by atoms with Gasteiger partial charge >= 0.3 is 0 Å². The fourth-order valence-corrected chi connectivity index (χ4v) is 3.46. The fourth-order valence-electron chi connectivity index (χ4n) is 3.46. The lowest BCUT2D eigenvalue weighted by molar-refractivity contribution is 0.122. The Kier molecular flexibility index (Phi) is 5.56. The standard InChI is InChI=1S/C19H26N6O/c1-2-17(16-20-5-1)4-7-23-8-10-25(11-9-23)19-21-6-3-18(22-19)24-12-14-26-15-13-24/h1-3,5-6,16H,4,7-15H2. The molecule has 0 radical (unpaired) electrons. The molecule has 0 atom stereocenters. The van der Waals surface area contributed by atoms with Crippen molar-refractivity contribution in [3.63, 3.8) is 0 Å². The molecule has 2 saturated heterocycles. The molecule has 0 aromatic carbocycles. The zero-order valence-corrected chi connectivity index (χ0v) is 15.1. The highest BCUT2D eigenvalue weighted by Gasteiger charge is 2.20. The Bertz CT molecular complexity index is 683. The molecule has 0 spiro atoms. The van der Waals surface area contributed by atoms with Crippen LogP contribution in [0.1, 0.15) is 5.56 Å². The van der Waals surface area contributed by atoms with Crippen molar-refractivity contribution in [3.8, 4) is 0 Å². The van der Waals surface area contributed by atoms with Crippen molar-refractivity contribution in [1.29, 1.82) is 0 Å². The van der Waals surface area contributed by atoms with Crippen LogP contribution in [0.2, 0.25) is 0 Å². The Balaban J connectivity index is 1.30. The van der Waals surface area contributed by atoms with Gasteiger partial charge in [-0.25, -0.2) is 4.98 Å². The summed E-state index contributed by atoms with van der Waals surface area (Å²) in [4.78, 5) is 20.6. The molecular formula is C19H26N6O. The number of hydrogen-bond acceptors (Lipinski definition) is 7. The Morgan fingerprint density at radius 2 is 1.77 bits per heavy atom. The first-order valence-corrected chi connectivity index (χ1v) is 9.40. The van der Waals surface area contributed by atoms with E-state index >= 15 is 0 Å². The first kappa shape index (κ1) is 17.2. The van der Waals surface area contributed by atoms with Gasteiger partial charge in [-0.2, -0.15) is 4.98 Å². The predicted molar refractivity (Wildman–Crippen MR) is 102 cm³/mol. The van der Waals surface area contributed by atoms with E-state index in [1.165, 1.54) is 5.56 Å². The molecule has 2 aliphatic rings. The second-order valence-electron chi connectivity index (χ2n) is 6.75. The summed E-state index contributed by atoms with van der Waals surface area (Å²) < 4.78 is 5.43. The van der Waals surface area contributed by atoms with Crippen LogP contribution in [0.15, 0.2) is 36.8 Å². The highest BCUT2D eigenvalue weighted by Crippen LogP contribution is 2.17. The van der Waals surface area contributed by atoms with E-state index in [1.54, 1.807) is 0 Å². The number of piperazine rings is 1. The molecule has 138 valence electrons. The molecule has 0 aliphatic carbocycles. The molecule has 2 aromatic heterocycles. The van der Waals surface area contributed by atoms with E-state index < -0.39 is 0 Å². The molecule has 0 bridgehead atoms. The van der Waals surface area contributed by atoms with Crippen LogP contribution in [0.25, 0.3) is 0 Å². The van der Waals surface area contributed by atoms with Crippen LogP contribution in [0.5, 0.6) is 0 Å². The molecular weight excluding hydrogens is 328 g/mol. The van der Waals surface area contributed by atoms with E-state index in [9.17, 15) is 0 Å². The SMILES string of the molecule is c1cncc(CCN2CCN(c3nccc(N4CCOCC4)n3)CC2)c1. The topological polar surface area (TPSA) is 57.6 Å². The van der Waals surface area contributed by atoms with Gasteiger partial charge < -0.3 is 14.5 Å². The summed E-state index contributed by atoms with van der Waals surface area (Å²) in [6.07, 6.45) is 6.72. The van der Waals surface area contributed by atoms with Gasteiger partial charge in [-0.3, -0.25) is 9.88 Å². The second-order valence-corrected chi connectivity index (χ2v) is 6.75. The first-order valence-electron chi connectivity index (χ1n) is 9.40. The van der Waals surface area contributed by atoms with Crippen molar-refractivity contribution in [3.05, 3.63) is 42.4 Å². The Labute approximate surface area is 154 Å². The third-order valence-electron chi connectivity index (χ3n) is 5.06. The molecule has 7 nitrogen and oxygen atoms in total. The number of ether oxygens (including phenoxy) is 1. The predicted octanol–water partition coefficient (Wildman–Crippen LogP) is 1.07. The normalized spacial score (nSPS) is 18.9. The molecule has 4 heterocycles. The van der Waals surface area contributed by atoms with E-state index in [4.69, 9.17) is 9.72 Å². The summed E-state index contributed by atoms with van der Waals surface area (Å²) in [7, 11) is 0. The van der Waals surface area contributed by atoms with Gasteiger partial charge in [0.2, 0.25) is 5.95 Å². The lowest BCUT2D eigenvalue weighted by Gasteiger charge is -2.35. The van der Waals surface area contributed by atoms with Crippen molar-refractivity contribution in [2.24, 2.45) is 0 Å². The third-order valence-corrected chi connectivity index (χ3v) is 5.06. The Morgan fingerprint density at radius 3 is 2.54 bits per heavy atom. The number of anilines is 2. The average Bonchev–Trinajstić information content (AvgIpc) is 2.74. The van der Waals surface area contributed by atoms with Gasteiger partial charge in [0.25, 0.3) is 0 Å². The minimum absolute atomic E-state index is 0.773. The maximum atomic E-state index is 5.43. The van der Waals surface area contributed by atoms with Gasteiger partial charge in [0, 0.05) is 64.4 Å². The maximum Gasteiger partial charge on any atom is 0.227 e. The molecule has 7 heteroatoms. The summed E-state index contributed by atoms with van der Waals surface area (Å²) in [5, 5.41) is 0. The minimum Gasteiger partial charge on any atom is -0.378 e. The van der Waals surface area contributed by atoms with Gasteiger partial charge in [0.15, 0.2) is 0 Å². The first-order chi connectivity index (χ1) is 12.9. The molecule has 0 N–H and O–H groups in total. The van der Waals surface area contributed by atoms with Gasteiger partial charge in [-0.05, 0) is 24.1 Å². The molecule has 0 unspecified atom stereocenters. The summed E-state index contributed by atoms with van der Waals surface area (Å²) >= 11 is 0. The molecule has 0 saturated carbocycles. The van der Waals surface area contributed by atoms with Crippen molar-refractivity contribution in [2.75, 3.05) is 68.8 Å². The maximum absolute atomic E-state index is 5.43. The summed E-state index contributed by atoms with van der Waals surface area (Å²) in [5.41, 5.74) is 1.30. The lowest BCUT2D eigenvalue weighted by atomic mass is 10.2. The molecule has 2 fully saturated rings. The molecule has 0 amide bonds. The molecule has 26 heavy (non-hydrogen) atoms. The number of hydrogen-bond donors (Lipinski definition) is 0. The number of morpholine rings is 1. The van der Waals surface area contributed by atoms with Gasteiger partial charge in [0.1, 0.15) is 5.82 Å². The van der Waals surface area contributed by atoms with E-state index in [0.717, 1.165) is 77.2 Å². The van der Waals surface area contributed by atoms with Crippen molar-refractivity contribution in [2.45, 2.75) is 6.42 Å². The van der Waals surface area contributed by atoms with E-state index in [2.05, 4.69) is 30.7 Å². The second kappa shape index (κ2) is 8.42. The average molecular weight is 354 g/mol. The van der Waals surface area contributed by atoms with Crippen LogP contribution in [-0.4, -0.2) is 78.9 Å². The smallest absolute Gasteiger partial charge is 0.227 e. The van der Waals surface area contributed by atoms with E-state index in [-0.39, 0.29) is 0 Å². The number of nitrogens with zero attached hydrogens (tertiary/aromatic N) is 6. The molecule has 2 aliphatic heterocycles. The summed E-state index contributed by atoms with van der Waals surface area (Å²) in [5.74, 6) is 1.86. The zero-order valence-electron chi connectivity index (χ0n) is 15.1. The van der Waals surface area contributed by atoms with Gasteiger partial charge in [-0.15, -0.1) is 0 Å². The Hall–Kier alpha value is -2.25. The fraction of sp³-hybridized carbons (Fsp3) is 0.526. The van der Waals surface area contributed by atoms with Crippen LogP contribution >= 0.6 is 0 Å². The van der Waals surface area contributed by atoms with E-state index in [1.807, 2.05) is 30.7 Å². The van der Waals surface area contributed by atoms with Crippen molar-refractivity contribution >= 4 is 11.8 Å². The minimum atomic E-state index is 0.773. The van der Waals surface area contributed by atoms with Crippen molar-refractivity contribution in [1.82, 2.24) is 19.9 Å².